The van der Waals surface area contributed by atoms with Crippen LogP contribution in [0.5, 0.6) is 0 Å². The molecule has 108 valence electrons. The fraction of sp³-hybridized carbons (Fsp3) is 0.857. The van der Waals surface area contributed by atoms with E-state index in [1.807, 2.05) is 31.9 Å². The number of hydrogen-bond acceptors (Lipinski definition) is 3. The molecule has 19 heavy (non-hydrogen) atoms. The van der Waals surface area contributed by atoms with Gasteiger partial charge in [0.25, 0.3) is 0 Å². The van der Waals surface area contributed by atoms with Crippen molar-refractivity contribution in [3.63, 3.8) is 0 Å². The maximum Gasteiger partial charge on any atom is 0.246 e. The average molecular weight is 284 g/mol. The Balaban J connectivity index is 2.20. The second-order valence-corrected chi connectivity index (χ2v) is 7.60. The minimum Gasteiger partial charge on any atom is -0.342 e. The summed E-state index contributed by atoms with van der Waals surface area (Å²) in [5.74, 6) is 1.41. The number of hydrogen-bond donors (Lipinski definition) is 1. The van der Waals surface area contributed by atoms with E-state index in [0.29, 0.717) is 12.5 Å². The Morgan fingerprint density at radius 2 is 1.95 bits per heavy atom. The SMILES string of the molecule is CSCCN1C(=O)C(C(C)(C)C)NC(=O)C1C1CC1. The van der Waals surface area contributed by atoms with Gasteiger partial charge in [-0.05, 0) is 30.4 Å². The van der Waals surface area contributed by atoms with Crippen molar-refractivity contribution in [2.24, 2.45) is 11.3 Å². The summed E-state index contributed by atoms with van der Waals surface area (Å²) in [6.45, 7) is 6.68. The number of nitrogens with zero attached hydrogens (tertiary/aromatic N) is 1. The first kappa shape index (κ1) is 14.7. The van der Waals surface area contributed by atoms with Crippen LogP contribution < -0.4 is 5.32 Å². The maximum atomic E-state index is 12.7. The Bertz CT molecular complexity index is 374. The van der Waals surface area contributed by atoms with Crippen LogP contribution in [0, 0.1) is 11.3 Å². The molecule has 1 aliphatic heterocycles. The van der Waals surface area contributed by atoms with Gasteiger partial charge in [-0.1, -0.05) is 20.8 Å². The molecular formula is C14H24N2O2S. The van der Waals surface area contributed by atoms with Gasteiger partial charge in [0, 0.05) is 12.3 Å². The molecule has 0 bridgehead atoms. The van der Waals surface area contributed by atoms with Gasteiger partial charge in [-0.15, -0.1) is 0 Å². The summed E-state index contributed by atoms with van der Waals surface area (Å²) >= 11 is 1.72. The number of carbonyl (C=O) groups is 2. The van der Waals surface area contributed by atoms with Gasteiger partial charge in [-0.2, -0.15) is 11.8 Å². The lowest BCUT2D eigenvalue weighted by Gasteiger charge is -2.43. The molecule has 1 saturated carbocycles. The summed E-state index contributed by atoms with van der Waals surface area (Å²) in [7, 11) is 0. The molecule has 0 aromatic carbocycles. The summed E-state index contributed by atoms with van der Waals surface area (Å²) in [4.78, 5) is 26.8. The van der Waals surface area contributed by atoms with Crippen LogP contribution in [0.2, 0.25) is 0 Å². The van der Waals surface area contributed by atoms with Crippen LogP contribution in [0.1, 0.15) is 33.6 Å². The van der Waals surface area contributed by atoms with E-state index in [4.69, 9.17) is 0 Å². The van der Waals surface area contributed by atoms with Gasteiger partial charge in [-0.25, -0.2) is 0 Å². The van der Waals surface area contributed by atoms with Crippen LogP contribution in [-0.4, -0.2) is 47.4 Å². The summed E-state index contributed by atoms with van der Waals surface area (Å²) < 4.78 is 0. The van der Waals surface area contributed by atoms with Crippen LogP contribution in [-0.2, 0) is 9.59 Å². The van der Waals surface area contributed by atoms with Crippen molar-refractivity contribution >= 4 is 23.6 Å². The monoisotopic (exact) mass is 284 g/mol. The Kier molecular flexibility index (Phi) is 4.14. The maximum absolute atomic E-state index is 12.7. The second-order valence-electron chi connectivity index (χ2n) is 6.61. The number of piperazine rings is 1. The first-order valence-electron chi connectivity index (χ1n) is 6.96. The molecule has 2 atom stereocenters. The first-order chi connectivity index (χ1) is 8.86. The molecule has 2 unspecified atom stereocenters. The third-order valence-corrected chi connectivity index (χ3v) is 4.48. The lowest BCUT2D eigenvalue weighted by Crippen LogP contribution is -2.67. The average Bonchev–Trinajstić information content (AvgIpc) is 3.12. The number of thioether (sulfide) groups is 1. The van der Waals surface area contributed by atoms with Gasteiger partial charge in [-0.3, -0.25) is 9.59 Å². The van der Waals surface area contributed by atoms with Crippen LogP contribution in [0.3, 0.4) is 0 Å². The molecule has 2 rings (SSSR count). The molecule has 2 aliphatic rings. The largest absolute Gasteiger partial charge is 0.342 e. The van der Waals surface area contributed by atoms with Crippen molar-refractivity contribution in [1.82, 2.24) is 10.2 Å². The standard InChI is InChI=1S/C14H24N2O2S/c1-14(2,3)11-13(18)16(7-8-19-4)10(9-5-6-9)12(17)15-11/h9-11H,5-8H2,1-4H3,(H,15,17). The number of nitrogens with one attached hydrogen (secondary N) is 1. The molecule has 5 heteroatoms. The topological polar surface area (TPSA) is 49.4 Å². The molecule has 2 amide bonds. The summed E-state index contributed by atoms with van der Waals surface area (Å²) in [5, 5.41) is 2.95. The molecule has 0 radical (unpaired) electrons. The molecule has 4 nitrogen and oxygen atoms in total. The highest BCUT2D eigenvalue weighted by molar-refractivity contribution is 7.98. The van der Waals surface area contributed by atoms with Crippen LogP contribution in [0.15, 0.2) is 0 Å². The lowest BCUT2D eigenvalue weighted by atomic mass is 9.83. The Labute approximate surface area is 119 Å². The fourth-order valence-electron chi connectivity index (χ4n) is 2.64. The van der Waals surface area contributed by atoms with Gasteiger partial charge in [0.15, 0.2) is 0 Å². The van der Waals surface area contributed by atoms with Crippen LogP contribution in [0.4, 0.5) is 0 Å². The normalized spacial score (nSPS) is 28.5. The number of carbonyl (C=O) groups excluding carboxylic acids is 2. The summed E-state index contributed by atoms with van der Waals surface area (Å²) in [6, 6.07) is -0.616. The molecule has 2 fully saturated rings. The van der Waals surface area contributed by atoms with Crippen LogP contribution >= 0.6 is 11.8 Å². The van der Waals surface area contributed by atoms with Crippen molar-refractivity contribution in [1.29, 1.82) is 0 Å². The van der Waals surface area contributed by atoms with E-state index in [-0.39, 0.29) is 23.3 Å². The van der Waals surface area contributed by atoms with Gasteiger partial charge < -0.3 is 10.2 Å². The molecular weight excluding hydrogens is 260 g/mol. The van der Waals surface area contributed by atoms with Crippen molar-refractivity contribution in [2.45, 2.75) is 45.7 Å². The minimum atomic E-state index is -0.392. The molecule has 0 aromatic heterocycles. The summed E-state index contributed by atoms with van der Waals surface area (Å²) in [5.41, 5.74) is -0.237. The van der Waals surface area contributed by atoms with E-state index in [1.165, 1.54) is 0 Å². The van der Waals surface area contributed by atoms with Gasteiger partial charge >= 0.3 is 0 Å². The highest BCUT2D eigenvalue weighted by Gasteiger charge is 2.50. The van der Waals surface area contributed by atoms with Gasteiger partial charge in [0.05, 0.1) is 0 Å². The smallest absolute Gasteiger partial charge is 0.246 e. The van der Waals surface area contributed by atoms with E-state index < -0.39 is 6.04 Å². The fourth-order valence-corrected chi connectivity index (χ4v) is 3.02. The Morgan fingerprint density at radius 1 is 1.32 bits per heavy atom. The van der Waals surface area contributed by atoms with Crippen molar-refractivity contribution < 1.29 is 9.59 Å². The third kappa shape index (κ3) is 3.07. The zero-order valence-electron chi connectivity index (χ0n) is 12.2. The minimum absolute atomic E-state index is 0.0446. The molecule has 0 spiro atoms. The zero-order valence-corrected chi connectivity index (χ0v) is 13.0. The molecule has 1 heterocycles. The van der Waals surface area contributed by atoms with Crippen molar-refractivity contribution in [3.05, 3.63) is 0 Å². The highest BCUT2D eigenvalue weighted by Crippen LogP contribution is 2.38. The number of amides is 2. The van der Waals surface area contributed by atoms with Gasteiger partial charge in [0.1, 0.15) is 12.1 Å². The lowest BCUT2D eigenvalue weighted by molar-refractivity contribution is -0.153. The molecule has 1 saturated heterocycles. The van der Waals surface area contributed by atoms with Crippen LogP contribution in [0.25, 0.3) is 0 Å². The highest BCUT2D eigenvalue weighted by atomic mass is 32.2. The predicted octanol–water partition coefficient (Wildman–Crippen LogP) is 1.50. The third-order valence-electron chi connectivity index (χ3n) is 3.89. The molecule has 1 N–H and O–H groups in total. The zero-order chi connectivity index (χ0) is 14.2. The Morgan fingerprint density at radius 3 is 2.42 bits per heavy atom. The second kappa shape index (κ2) is 5.35. The quantitative estimate of drug-likeness (QED) is 0.851. The predicted molar refractivity (Wildman–Crippen MR) is 78.0 cm³/mol. The van der Waals surface area contributed by atoms with E-state index in [2.05, 4.69) is 5.32 Å². The first-order valence-corrected chi connectivity index (χ1v) is 8.35. The molecule has 1 aliphatic carbocycles. The van der Waals surface area contributed by atoms with Crippen molar-refractivity contribution in [3.8, 4) is 0 Å². The van der Waals surface area contributed by atoms with E-state index in [1.54, 1.807) is 11.8 Å². The number of rotatable bonds is 4. The van der Waals surface area contributed by atoms with Crippen molar-refractivity contribution in [2.75, 3.05) is 18.6 Å². The molecule has 0 aromatic rings. The Hall–Kier alpha value is -0.710. The van der Waals surface area contributed by atoms with Gasteiger partial charge in [0.2, 0.25) is 11.8 Å². The summed E-state index contributed by atoms with van der Waals surface area (Å²) in [6.07, 6.45) is 4.17. The van der Waals surface area contributed by atoms with E-state index in [9.17, 15) is 9.59 Å². The van der Waals surface area contributed by atoms with E-state index >= 15 is 0 Å². The van der Waals surface area contributed by atoms with E-state index in [0.717, 1.165) is 18.6 Å².